The van der Waals surface area contributed by atoms with E-state index in [1.165, 1.54) is 12.5 Å². The monoisotopic (exact) mass is 388 g/mol. The number of esters is 1. The van der Waals surface area contributed by atoms with Crippen molar-refractivity contribution in [2.75, 3.05) is 6.61 Å². The maximum absolute atomic E-state index is 12.8. The zero-order valence-corrected chi connectivity index (χ0v) is 17.2. The van der Waals surface area contributed by atoms with Gasteiger partial charge in [-0.3, -0.25) is 14.4 Å². The summed E-state index contributed by atoms with van der Waals surface area (Å²) in [5.74, 6) is 1.65. The Morgan fingerprint density at radius 2 is 1.96 bits per heavy atom. The second kappa shape index (κ2) is 6.79. The average Bonchev–Trinajstić information content (AvgIpc) is 2.92. The molecule has 5 nitrogen and oxygen atoms in total. The quantitative estimate of drug-likeness (QED) is 0.751. The minimum absolute atomic E-state index is 0.267. The molecule has 0 aromatic rings. The van der Waals surface area contributed by atoms with Crippen LogP contribution in [-0.4, -0.2) is 34.9 Å². The molecule has 7 atom stereocenters. The topological polar surface area (TPSA) is 80.7 Å². The van der Waals surface area contributed by atoms with E-state index in [1.54, 1.807) is 0 Å². The van der Waals surface area contributed by atoms with Crippen molar-refractivity contribution in [3.05, 3.63) is 11.6 Å². The molecule has 4 aliphatic carbocycles. The van der Waals surface area contributed by atoms with Gasteiger partial charge in [-0.05, 0) is 74.2 Å². The van der Waals surface area contributed by atoms with Gasteiger partial charge in [-0.1, -0.05) is 19.4 Å². The molecule has 4 aliphatic rings. The molecular weight excluding hydrogens is 356 g/mol. The largest absolute Gasteiger partial charge is 0.458 e. The highest BCUT2D eigenvalue weighted by molar-refractivity contribution is 5.92. The first-order chi connectivity index (χ1) is 13.2. The van der Waals surface area contributed by atoms with Crippen LogP contribution in [0.5, 0.6) is 0 Å². The Balaban J connectivity index is 1.60. The first-order valence-electron chi connectivity index (χ1n) is 10.8. The lowest BCUT2D eigenvalue weighted by molar-refractivity contribution is -0.168. The second-order valence-electron chi connectivity index (χ2n) is 9.89. The zero-order chi connectivity index (χ0) is 20.3. The second-order valence-corrected chi connectivity index (χ2v) is 9.89. The Morgan fingerprint density at radius 3 is 2.68 bits per heavy atom. The van der Waals surface area contributed by atoms with Crippen LogP contribution in [-0.2, 0) is 19.1 Å². The minimum atomic E-state index is -1.40. The fourth-order valence-corrected chi connectivity index (χ4v) is 7.26. The van der Waals surface area contributed by atoms with Crippen LogP contribution in [0.3, 0.4) is 0 Å². The number of ketones is 2. The Kier molecular flexibility index (Phi) is 4.80. The maximum atomic E-state index is 12.8. The summed E-state index contributed by atoms with van der Waals surface area (Å²) < 4.78 is 4.92. The highest BCUT2D eigenvalue weighted by atomic mass is 16.5. The number of rotatable bonds is 3. The van der Waals surface area contributed by atoms with Crippen LogP contribution in [0, 0.1) is 35.0 Å². The van der Waals surface area contributed by atoms with Crippen LogP contribution in [0.4, 0.5) is 0 Å². The highest BCUT2D eigenvalue weighted by Crippen LogP contribution is 2.65. The average molecular weight is 389 g/mol. The van der Waals surface area contributed by atoms with E-state index < -0.39 is 17.0 Å². The molecular formula is C23H32O5. The van der Waals surface area contributed by atoms with Crippen LogP contribution in [0.15, 0.2) is 11.6 Å². The summed E-state index contributed by atoms with van der Waals surface area (Å²) in [6.45, 7) is 5.25. The van der Waals surface area contributed by atoms with Crippen molar-refractivity contribution in [2.45, 2.75) is 71.3 Å². The molecule has 4 rings (SSSR count). The molecule has 28 heavy (non-hydrogen) atoms. The fourth-order valence-electron chi connectivity index (χ4n) is 7.26. The first kappa shape index (κ1) is 19.8. The van der Waals surface area contributed by atoms with Crippen LogP contribution in [0.2, 0.25) is 0 Å². The Labute approximate surface area is 166 Å². The van der Waals surface area contributed by atoms with Gasteiger partial charge in [0.25, 0.3) is 0 Å². The third-order valence-corrected chi connectivity index (χ3v) is 8.68. The number of hydrogen-bond acceptors (Lipinski definition) is 5. The summed E-state index contributed by atoms with van der Waals surface area (Å²) in [5.41, 5.74) is -0.517. The fraction of sp³-hybridized carbons (Fsp3) is 0.783. The van der Waals surface area contributed by atoms with Gasteiger partial charge in [0, 0.05) is 18.8 Å². The molecule has 0 heterocycles. The Morgan fingerprint density at radius 1 is 1.21 bits per heavy atom. The highest BCUT2D eigenvalue weighted by Gasteiger charge is 2.65. The predicted octanol–water partition coefficient (Wildman–Crippen LogP) is 3.24. The SMILES string of the molecule is CC(=O)OCC(=O)[C@@]1(O)CC[C@H]2[C@@H]3C[C@H](C)C4=CC(=O)CC[C@H]4[C@@H]3CC[C@@]21C. The van der Waals surface area contributed by atoms with E-state index >= 15 is 0 Å². The summed E-state index contributed by atoms with van der Waals surface area (Å²) >= 11 is 0. The Bertz CT molecular complexity index is 739. The van der Waals surface area contributed by atoms with E-state index in [2.05, 4.69) is 13.8 Å². The lowest BCUT2D eigenvalue weighted by Crippen LogP contribution is -2.57. The molecule has 1 N–H and O–H groups in total. The summed E-state index contributed by atoms with van der Waals surface area (Å²) in [5, 5.41) is 11.5. The molecule has 0 aromatic carbocycles. The zero-order valence-electron chi connectivity index (χ0n) is 17.2. The van der Waals surface area contributed by atoms with Crippen molar-refractivity contribution in [2.24, 2.45) is 35.0 Å². The van der Waals surface area contributed by atoms with Gasteiger partial charge in [-0.2, -0.15) is 0 Å². The number of hydrogen-bond donors (Lipinski definition) is 1. The van der Waals surface area contributed by atoms with Crippen molar-refractivity contribution in [1.29, 1.82) is 0 Å². The van der Waals surface area contributed by atoms with Crippen LogP contribution < -0.4 is 0 Å². The normalized spacial score (nSPS) is 44.8. The predicted molar refractivity (Wildman–Crippen MR) is 103 cm³/mol. The molecule has 0 unspecified atom stereocenters. The van der Waals surface area contributed by atoms with E-state index in [0.717, 1.165) is 32.1 Å². The number of ether oxygens (including phenoxy) is 1. The Hall–Kier alpha value is -1.49. The van der Waals surface area contributed by atoms with Gasteiger partial charge in [-0.25, -0.2) is 0 Å². The third-order valence-electron chi connectivity index (χ3n) is 8.68. The van der Waals surface area contributed by atoms with Gasteiger partial charge >= 0.3 is 5.97 Å². The molecule has 0 saturated heterocycles. The summed E-state index contributed by atoms with van der Waals surface area (Å²) in [6.07, 6.45) is 7.66. The van der Waals surface area contributed by atoms with Crippen molar-refractivity contribution >= 4 is 17.5 Å². The van der Waals surface area contributed by atoms with Gasteiger partial charge in [0.15, 0.2) is 12.4 Å². The molecule has 0 aromatic heterocycles. The number of Topliss-reactive ketones (excluding diaryl/α,β-unsaturated/α-hetero) is 1. The van der Waals surface area contributed by atoms with Crippen LogP contribution in [0.25, 0.3) is 0 Å². The minimum Gasteiger partial charge on any atom is -0.458 e. The summed E-state index contributed by atoms with van der Waals surface area (Å²) in [7, 11) is 0. The van der Waals surface area contributed by atoms with Crippen molar-refractivity contribution in [3.8, 4) is 0 Å². The van der Waals surface area contributed by atoms with E-state index in [4.69, 9.17) is 4.74 Å². The van der Waals surface area contributed by atoms with Crippen molar-refractivity contribution in [3.63, 3.8) is 0 Å². The van der Waals surface area contributed by atoms with Crippen LogP contribution in [0.1, 0.15) is 65.7 Å². The van der Waals surface area contributed by atoms with Crippen molar-refractivity contribution in [1.82, 2.24) is 0 Å². The maximum Gasteiger partial charge on any atom is 0.303 e. The molecule has 3 fully saturated rings. The molecule has 0 radical (unpaired) electrons. The van der Waals surface area contributed by atoms with E-state index in [-0.39, 0.29) is 18.2 Å². The van der Waals surface area contributed by atoms with Gasteiger partial charge in [0.05, 0.1) is 0 Å². The molecule has 0 spiro atoms. The molecule has 154 valence electrons. The standard InChI is InChI=1S/C23H32O5/c1-13-10-19-17(16-5-4-15(25)11-18(13)16)6-8-22(3)20(19)7-9-23(22,27)21(26)12-28-14(2)24/h11,13,16-17,19-20,27H,4-10,12H2,1-3H3/t13-,16-,17-,19+,20-,22-,23-/m0/s1. The molecule has 0 aliphatic heterocycles. The molecule has 5 heteroatoms. The molecule has 3 saturated carbocycles. The summed E-state index contributed by atoms with van der Waals surface area (Å²) in [4.78, 5) is 35.9. The van der Waals surface area contributed by atoms with E-state index in [9.17, 15) is 19.5 Å². The number of carbonyl (C=O) groups excluding carboxylic acids is 3. The van der Waals surface area contributed by atoms with Gasteiger partial charge in [-0.15, -0.1) is 0 Å². The first-order valence-corrected chi connectivity index (χ1v) is 10.8. The van der Waals surface area contributed by atoms with Crippen molar-refractivity contribution < 1.29 is 24.2 Å². The summed E-state index contributed by atoms with van der Waals surface area (Å²) in [6, 6.07) is 0. The van der Waals surface area contributed by atoms with Crippen LogP contribution >= 0.6 is 0 Å². The smallest absolute Gasteiger partial charge is 0.303 e. The lowest BCUT2D eigenvalue weighted by atomic mass is 9.49. The number of allylic oxidation sites excluding steroid dienone is 1. The third kappa shape index (κ3) is 2.80. The van der Waals surface area contributed by atoms with E-state index in [1.807, 2.05) is 6.08 Å². The molecule has 0 bridgehead atoms. The number of fused-ring (bicyclic) bond motifs is 5. The van der Waals surface area contributed by atoms with Gasteiger partial charge in [0.1, 0.15) is 5.60 Å². The van der Waals surface area contributed by atoms with Gasteiger partial charge < -0.3 is 9.84 Å². The van der Waals surface area contributed by atoms with E-state index in [0.29, 0.717) is 42.4 Å². The number of carbonyl (C=O) groups is 3. The van der Waals surface area contributed by atoms with Gasteiger partial charge in [0.2, 0.25) is 5.78 Å². The lowest BCUT2D eigenvalue weighted by Gasteiger charge is -2.56. The number of aliphatic hydroxyl groups is 1. The molecule has 0 amide bonds.